The molecule has 0 fully saturated rings. The minimum atomic E-state index is -0.361. The van der Waals surface area contributed by atoms with Crippen molar-refractivity contribution >= 4 is 11.3 Å². The lowest BCUT2D eigenvalue weighted by Crippen LogP contribution is -2.21. The SMILES string of the molecule is CCCNC(CC)c1nnc(-c2ccncc2F)s1. The van der Waals surface area contributed by atoms with Gasteiger partial charge in [0.1, 0.15) is 5.01 Å². The lowest BCUT2D eigenvalue weighted by Gasteiger charge is -2.12. The molecule has 0 aliphatic carbocycles. The van der Waals surface area contributed by atoms with E-state index in [-0.39, 0.29) is 11.9 Å². The molecule has 1 atom stereocenters. The molecule has 19 heavy (non-hydrogen) atoms. The van der Waals surface area contributed by atoms with Crippen LogP contribution in [0.1, 0.15) is 37.7 Å². The molecular weight excluding hydrogens is 263 g/mol. The first-order chi connectivity index (χ1) is 9.26. The smallest absolute Gasteiger partial charge is 0.151 e. The van der Waals surface area contributed by atoms with E-state index in [9.17, 15) is 4.39 Å². The molecule has 0 saturated carbocycles. The molecule has 4 nitrogen and oxygen atoms in total. The molecule has 0 aromatic carbocycles. The maximum Gasteiger partial charge on any atom is 0.151 e. The summed E-state index contributed by atoms with van der Waals surface area (Å²) in [7, 11) is 0. The van der Waals surface area contributed by atoms with Gasteiger partial charge in [0.2, 0.25) is 0 Å². The van der Waals surface area contributed by atoms with Crippen molar-refractivity contribution in [1.82, 2.24) is 20.5 Å². The van der Waals surface area contributed by atoms with Gasteiger partial charge in [-0.25, -0.2) is 4.39 Å². The summed E-state index contributed by atoms with van der Waals surface area (Å²) in [5.74, 6) is -0.361. The highest BCUT2D eigenvalue weighted by atomic mass is 32.1. The zero-order valence-electron chi connectivity index (χ0n) is 11.1. The van der Waals surface area contributed by atoms with Gasteiger partial charge in [0.15, 0.2) is 10.8 Å². The molecule has 0 radical (unpaired) electrons. The molecule has 2 heterocycles. The Hall–Kier alpha value is -1.40. The van der Waals surface area contributed by atoms with E-state index < -0.39 is 0 Å². The van der Waals surface area contributed by atoms with Gasteiger partial charge < -0.3 is 5.32 Å². The highest BCUT2D eigenvalue weighted by Crippen LogP contribution is 2.29. The minimum absolute atomic E-state index is 0.191. The maximum atomic E-state index is 13.6. The Balaban J connectivity index is 2.21. The molecule has 1 N–H and O–H groups in total. The topological polar surface area (TPSA) is 50.7 Å². The molecule has 2 aromatic rings. The lowest BCUT2D eigenvalue weighted by molar-refractivity contribution is 0.513. The number of pyridine rings is 1. The number of nitrogens with one attached hydrogen (secondary N) is 1. The van der Waals surface area contributed by atoms with E-state index in [4.69, 9.17) is 0 Å². The lowest BCUT2D eigenvalue weighted by atomic mass is 10.2. The molecule has 0 aliphatic heterocycles. The molecule has 0 amide bonds. The van der Waals surface area contributed by atoms with Gasteiger partial charge in [-0.3, -0.25) is 4.98 Å². The summed E-state index contributed by atoms with van der Waals surface area (Å²) in [6, 6.07) is 1.82. The third-order valence-electron chi connectivity index (χ3n) is 2.79. The molecule has 2 rings (SSSR count). The van der Waals surface area contributed by atoms with Crippen LogP contribution in [-0.2, 0) is 0 Å². The number of hydrogen-bond donors (Lipinski definition) is 1. The van der Waals surface area contributed by atoms with Crippen LogP contribution < -0.4 is 5.32 Å². The monoisotopic (exact) mass is 280 g/mol. The predicted molar refractivity (Wildman–Crippen MR) is 74.4 cm³/mol. The second kappa shape index (κ2) is 6.68. The Morgan fingerprint density at radius 2 is 2.21 bits per heavy atom. The van der Waals surface area contributed by atoms with Crippen LogP contribution in [0.3, 0.4) is 0 Å². The third-order valence-corrected chi connectivity index (χ3v) is 3.86. The fourth-order valence-corrected chi connectivity index (χ4v) is 2.79. The van der Waals surface area contributed by atoms with Gasteiger partial charge in [-0.05, 0) is 25.5 Å². The molecule has 0 saturated heterocycles. The van der Waals surface area contributed by atoms with Crippen molar-refractivity contribution in [2.24, 2.45) is 0 Å². The Morgan fingerprint density at radius 3 is 2.89 bits per heavy atom. The average molecular weight is 280 g/mol. The first kappa shape index (κ1) is 14.0. The summed E-state index contributed by atoms with van der Waals surface area (Å²) in [5.41, 5.74) is 0.462. The van der Waals surface area contributed by atoms with E-state index in [0.29, 0.717) is 10.6 Å². The van der Waals surface area contributed by atoms with Crippen molar-refractivity contribution in [3.05, 3.63) is 29.3 Å². The Kier molecular flexibility index (Phi) is 4.93. The summed E-state index contributed by atoms with van der Waals surface area (Å²) in [6.07, 6.45) is 4.77. The molecule has 2 aromatic heterocycles. The van der Waals surface area contributed by atoms with Crippen LogP contribution in [0.5, 0.6) is 0 Å². The van der Waals surface area contributed by atoms with Crippen LogP contribution in [0.25, 0.3) is 10.6 Å². The van der Waals surface area contributed by atoms with Gasteiger partial charge in [0.05, 0.1) is 17.8 Å². The summed E-state index contributed by atoms with van der Waals surface area (Å²) < 4.78 is 13.6. The number of nitrogens with zero attached hydrogens (tertiary/aromatic N) is 3. The number of halogens is 1. The molecule has 0 spiro atoms. The largest absolute Gasteiger partial charge is 0.308 e. The molecule has 6 heteroatoms. The van der Waals surface area contributed by atoms with E-state index in [1.54, 1.807) is 12.3 Å². The molecule has 0 bridgehead atoms. The molecule has 102 valence electrons. The first-order valence-corrected chi connectivity index (χ1v) is 7.24. The highest BCUT2D eigenvalue weighted by Gasteiger charge is 2.16. The van der Waals surface area contributed by atoms with E-state index in [0.717, 1.165) is 24.4 Å². The number of rotatable bonds is 6. The first-order valence-electron chi connectivity index (χ1n) is 6.42. The second-order valence-corrected chi connectivity index (χ2v) is 5.23. The number of hydrogen-bond acceptors (Lipinski definition) is 5. The van der Waals surface area contributed by atoms with Crippen molar-refractivity contribution < 1.29 is 4.39 Å². The fraction of sp³-hybridized carbons (Fsp3) is 0.462. The quantitative estimate of drug-likeness (QED) is 0.883. The highest BCUT2D eigenvalue weighted by molar-refractivity contribution is 7.14. The normalized spacial score (nSPS) is 12.6. The van der Waals surface area contributed by atoms with E-state index in [2.05, 4.69) is 34.3 Å². The Labute approximate surface area is 116 Å². The Morgan fingerprint density at radius 1 is 1.37 bits per heavy atom. The van der Waals surface area contributed by atoms with Crippen LogP contribution >= 0.6 is 11.3 Å². The summed E-state index contributed by atoms with van der Waals surface area (Å²) in [5, 5.41) is 13.2. The summed E-state index contributed by atoms with van der Waals surface area (Å²) in [6.45, 7) is 5.16. The van der Waals surface area contributed by atoms with Crippen molar-refractivity contribution in [2.75, 3.05) is 6.54 Å². The van der Waals surface area contributed by atoms with Gasteiger partial charge in [0.25, 0.3) is 0 Å². The zero-order chi connectivity index (χ0) is 13.7. The van der Waals surface area contributed by atoms with Crippen LogP contribution in [-0.4, -0.2) is 21.7 Å². The van der Waals surface area contributed by atoms with E-state index in [1.807, 2.05) is 0 Å². The van der Waals surface area contributed by atoms with Gasteiger partial charge in [0, 0.05) is 6.20 Å². The minimum Gasteiger partial charge on any atom is -0.308 e. The zero-order valence-corrected chi connectivity index (χ0v) is 11.9. The fourth-order valence-electron chi connectivity index (χ4n) is 1.76. The average Bonchev–Trinajstić information content (AvgIpc) is 2.90. The maximum absolute atomic E-state index is 13.6. The van der Waals surface area contributed by atoms with E-state index in [1.165, 1.54) is 17.5 Å². The Bertz CT molecular complexity index is 529. The third kappa shape index (κ3) is 3.33. The second-order valence-electron chi connectivity index (χ2n) is 4.22. The van der Waals surface area contributed by atoms with Crippen LogP contribution in [0.2, 0.25) is 0 Å². The standard InChI is InChI=1S/C13H17FN4S/c1-3-6-16-11(4-2)13-18-17-12(19-13)9-5-7-15-8-10(9)14/h5,7-8,11,16H,3-4,6H2,1-2H3. The van der Waals surface area contributed by atoms with E-state index >= 15 is 0 Å². The van der Waals surface area contributed by atoms with Crippen LogP contribution in [0, 0.1) is 5.82 Å². The van der Waals surface area contributed by atoms with Crippen molar-refractivity contribution in [1.29, 1.82) is 0 Å². The van der Waals surface area contributed by atoms with Crippen LogP contribution in [0.15, 0.2) is 18.5 Å². The summed E-state index contributed by atoms with van der Waals surface area (Å²) >= 11 is 1.43. The van der Waals surface area contributed by atoms with Gasteiger partial charge in [-0.1, -0.05) is 25.2 Å². The van der Waals surface area contributed by atoms with Gasteiger partial charge >= 0.3 is 0 Å². The van der Waals surface area contributed by atoms with Crippen molar-refractivity contribution in [2.45, 2.75) is 32.7 Å². The van der Waals surface area contributed by atoms with Crippen LogP contribution in [0.4, 0.5) is 4.39 Å². The van der Waals surface area contributed by atoms with Crippen molar-refractivity contribution in [3.8, 4) is 10.6 Å². The predicted octanol–water partition coefficient (Wildman–Crippen LogP) is 3.19. The summed E-state index contributed by atoms with van der Waals surface area (Å²) in [4.78, 5) is 3.74. The molecular formula is C13H17FN4S. The van der Waals surface area contributed by atoms with Crippen molar-refractivity contribution in [3.63, 3.8) is 0 Å². The molecule has 0 aliphatic rings. The van der Waals surface area contributed by atoms with Gasteiger partial charge in [-0.2, -0.15) is 0 Å². The molecule has 1 unspecified atom stereocenters. The number of aromatic nitrogens is 3. The van der Waals surface area contributed by atoms with Gasteiger partial charge in [-0.15, -0.1) is 10.2 Å².